The topological polar surface area (TPSA) is 50.2 Å². The summed E-state index contributed by atoms with van der Waals surface area (Å²) in [6.45, 7) is 8.60. The van der Waals surface area contributed by atoms with Gasteiger partial charge in [-0.1, -0.05) is 0 Å². The average molecular weight is 222 g/mol. The van der Waals surface area contributed by atoms with E-state index in [0.29, 0.717) is 0 Å². The van der Waals surface area contributed by atoms with Crippen LogP contribution in [0.2, 0.25) is 0 Å². The van der Waals surface area contributed by atoms with Gasteiger partial charge in [0.15, 0.2) is 5.82 Å². The fraction of sp³-hybridized carbons (Fsp3) is 0.636. The lowest BCUT2D eigenvalue weighted by atomic mass is 9.98. The fourth-order valence-electron chi connectivity index (χ4n) is 2.30. The maximum atomic E-state index is 12.0. The van der Waals surface area contributed by atoms with Crippen LogP contribution in [-0.4, -0.2) is 27.8 Å². The van der Waals surface area contributed by atoms with Crippen LogP contribution in [0.5, 0.6) is 0 Å². The summed E-state index contributed by atoms with van der Waals surface area (Å²) in [7, 11) is 1.90. The third kappa shape index (κ3) is 1.24. The molecule has 1 aromatic heterocycles. The SMILES string of the molecule is CCN1c2c(c(C)nn2C)NC(=O)C1(C)C. The minimum atomic E-state index is -0.526. The Morgan fingerprint density at radius 3 is 2.62 bits per heavy atom. The van der Waals surface area contributed by atoms with Gasteiger partial charge in [-0.25, -0.2) is 0 Å². The number of aromatic nitrogens is 2. The van der Waals surface area contributed by atoms with Crippen LogP contribution >= 0.6 is 0 Å². The quantitative estimate of drug-likeness (QED) is 0.779. The van der Waals surface area contributed by atoms with Gasteiger partial charge in [0.05, 0.1) is 5.69 Å². The first-order chi connectivity index (χ1) is 7.39. The summed E-state index contributed by atoms with van der Waals surface area (Å²) >= 11 is 0. The first-order valence-corrected chi connectivity index (χ1v) is 5.52. The molecule has 0 atom stereocenters. The molecule has 0 aliphatic carbocycles. The number of fused-ring (bicyclic) bond motifs is 1. The van der Waals surface area contributed by atoms with Gasteiger partial charge in [0.1, 0.15) is 11.2 Å². The van der Waals surface area contributed by atoms with Gasteiger partial charge in [-0.3, -0.25) is 9.48 Å². The van der Waals surface area contributed by atoms with Gasteiger partial charge in [0.25, 0.3) is 0 Å². The molecule has 1 amide bonds. The molecule has 0 unspecified atom stereocenters. The van der Waals surface area contributed by atoms with E-state index in [2.05, 4.69) is 15.3 Å². The predicted octanol–water partition coefficient (Wildman–Crippen LogP) is 1.29. The van der Waals surface area contributed by atoms with Gasteiger partial charge in [-0.2, -0.15) is 5.10 Å². The second-order valence-electron chi connectivity index (χ2n) is 4.67. The van der Waals surface area contributed by atoms with Crippen LogP contribution in [0.3, 0.4) is 0 Å². The van der Waals surface area contributed by atoms with E-state index in [4.69, 9.17) is 0 Å². The molecule has 0 radical (unpaired) electrons. The highest BCUT2D eigenvalue weighted by molar-refractivity contribution is 6.06. The molecule has 0 spiro atoms. The van der Waals surface area contributed by atoms with E-state index < -0.39 is 5.54 Å². The van der Waals surface area contributed by atoms with Crippen molar-refractivity contribution in [1.29, 1.82) is 0 Å². The molecule has 2 rings (SSSR count). The fourth-order valence-corrected chi connectivity index (χ4v) is 2.30. The van der Waals surface area contributed by atoms with Gasteiger partial charge in [-0.05, 0) is 27.7 Å². The highest BCUT2D eigenvalue weighted by Crippen LogP contribution is 2.37. The Kier molecular flexibility index (Phi) is 2.22. The number of anilines is 2. The number of rotatable bonds is 1. The highest BCUT2D eigenvalue weighted by atomic mass is 16.2. The standard InChI is InChI=1S/C11H18N4O/c1-6-15-9-8(7(2)13-14(9)5)12-10(16)11(15,3)4/h6H2,1-5H3,(H,12,16). The van der Waals surface area contributed by atoms with Crippen LogP contribution in [-0.2, 0) is 11.8 Å². The van der Waals surface area contributed by atoms with Crippen LogP contribution in [0.4, 0.5) is 11.5 Å². The van der Waals surface area contributed by atoms with Crippen molar-refractivity contribution in [2.24, 2.45) is 7.05 Å². The first-order valence-electron chi connectivity index (χ1n) is 5.52. The molecule has 1 aliphatic heterocycles. The van der Waals surface area contributed by atoms with E-state index in [0.717, 1.165) is 23.7 Å². The van der Waals surface area contributed by atoms with E-state index in [1.165, 1.54) is 0 Å². The molecule has 88 valence electrons. The largest absolute Gasteiger partial charge is 0.341 e. The molecule has 0 saturated carbocycles. The van der Waals surface area contributed by atoms with Crippen molar-refractivity contribution in [3.63, 3.8) is 0 Å². The van der Waals surface area contributed by atoms with Crippen molar-refractivity contribution in [2.75, 3.05) is 16.8 Å². The molecule has 0 bridgehead atoms. The zero-order chi connectivity index (χ0) is 12.1. The maximum Gasteiger partial charge on any atom is 0.249 e. The Labute approximate surface area is 95.4 Å². The van der Waals surface area contributed by atoms with Gasteiger partial charge in [-0.15, -0.1) is 0 Å². The van der Waals surface area contributed by atoms with E-state index in [1.54, 1.807) is 0 Å². The molecule has 0 aromatic carbocycles. The van der Waals surface area contributed by atoms with Crippen LogP contribution < -0.4 is 10.2 Å². The van der Waals surface area contributed by atoms with Crippen molar-refractivity contribution in [3.8, 4) is 0 Å². The first kappa shape index (κ1) is 11.0. The minimum absolute atomic E-state index is 0.0259. The normalized spacial score (nSPS) is 18.3. The number of hydrogen-bond donors (Lipinski definition) is 1. The van der Waals surface area contributed by atoms with Crippen molar-refractivity contribution < 1.29 is 4.79 Å². The summed E-state index contributed by atoms with van der Waals surface area (Å²) in [6, 6.07) is 0. The number of likely N-dealkylation sites (N-methyl/N-ethyl adjacent to an activating group) is 1. The lowest BCUT2D eigenvalue weighted by Gasteiger charge is -2.41. The van der Waals surface area contributed by atoms with Gasteiger partial charge in [0, 0.05) is 13.6 Å². The Balaban J connectivity index is 2.64. The number of amides is 1. The summed E-state index contributed by atoms with van der Waals surface area (Å²) < 4.78 is 1.83. The van der Waals surface area contributed by atoms with Crippen LogP contribution in [0.1, 0.15) is 26.5 Å². The number of carbonyl (C=O) groups excluding carboxylic acids is 1. The van der Waals surface area contributed by atoms with Gasteiger partial charge < -0.3 is 10.2 Å². The molecular weight excluding hydrogens is 204 g/mol. The number of carbonyl (C=O) groups is 1. The third-order valence-corrected chi connectivity index (χ3v) is 3.23. The Morgan fingerprint density at radius 1 is 1.44 bits per heavy atom. The van der Waals surface area contributed by atoms with E-state index in [1.807, 2.05) is 39.4 Å². The molecular formula is C11H18N4O. The summed E-state index contributed by atoms with van der Waals surface area (Å²) in [4.78, 5) is 14.1. The lowest BCUT2D eigenvalue weighted by Crippen LogP contribution is -2.56. The molecule has 1 N–H and O–H groups in total. The molecule has 2 heterocycles. The molecule has 1 aliphatic rings. The Hall–Kier alpha value is -1.52. The van der Waals surface area contributed by atoms with Gasteiger partial charge in [0.2, 0.25) is 5.91 Å². The lowest BCUT2D eigenvalue weighted by molar-refractivity contribution is -0.120. The van der Waals surface area contributed by atoms with Crippen LogP contribution in [0, 0.1) is 6.92 Å². The Bertz CT molecular complexity index is 447. The number of nitrogens with zero attached hydrogens (tertiary/aromatic N) is 3. The maximum absolute atomic E-state index is 12.0. The molecule has 1 aromatic rings. The third-order valence-electron chi connectivity index (χ3n) is 3.23. The summed E-state index contributed by atoms with van der Waals surface area (Å²) in [5.74, 6) is 1.02. The van der Waals surface area contributed by atoms with Crippen LogP contribution in [0.15, 0.2) is 0 Å². The van der Waals surface area contributed by atoms with Crippen LogP contribution in [0.25, 0.3) is 0 Å². The molecule has 0 fully saturated rings. The monoisotopic (exact) mass is 222 g/mol. The summed E-state index contributed by atoms with van der Waals surface area (Å²) in [5.41, 5.74) is 1.18. The van der Waals surface area contributed by atoms with Gasteiger partial charge >= 0.3 is 0 Å². The molecule has 5 heteroatoms. The number of nitrogens with one attached hydrogen (secondary N) is 1. The van der Waals surface area contributed by atoms with E-state index >= 15 is 0 Å². The molecule has 0 saturated heterocycles. The van der Waals surface area contributed by atoms with Crippen molar-refractivity contribution in [1.82, 2.24) is 9.78 Å². The second kappa shape index (κ2) is 3.23. The zero-order valence-corrected chi connectivity index (χ0v) is 10.5. The zero-order valence-electron chi connectivity index (χ0n) is 10.5. The van der Waals surface area contributed by atoms with Crippen molar-refractivity contribution in [2.45, 2.75) is 33.2 Å². The molecule has 16 heavy (non-hydrogen) atoms. The van der Waals surface area contributed by atoms with Crippen molar-refractivity contribution in [3.05, 3.63) is 5.69 Å². The molecule has 5 nitrogen and oxygen atoms in total. The second-order valence-corrected chi connectivity index (χ2v) is 4.67. The highest BCUT2D eigenvalue weighted by Gasteiger charge is 2.41. The smallest absolute Gasteiger partial charge is 0.249 e. The summed E-state index contributed by atoms with van der Waals surface area (Å²) in [5, 5.41) is 7.29. The number of hydrogen-bond acceptors (Lipinski definition) is 3. The Morgan fingerprint density at radius 2 is 2.06 bits per heavy atom. The van der Waals surface area contributed by atoms with E-state index in [9.17, 15) is 4.79 Å². The predicted molar refractivity (Wildman–Crippen MR) is 63.7 cm³/mol. The van der Waals surface area contributed by atoms with Crippen molar-refractivity contribution >= 4 is 17.4 Å². The number of aryl methyl sites for hydroxylation is 2. The minimum Gasteiger partial charge on any atom is -0.341 e. The average Bonchev–Trinajstić information content (AvgIpc) is 2.44. The summed E-state index contributed by atoms with van der Waals surface area (Å²) in [6.07, 6.45) is 0. The van der Waals surface area contributed by atoms with E-state index in [-0.39, 0.29) is 5.91 Å².